The van der Waals surface area contributed by atoms with Crippen molar-refractivity contribution in [1.82, 2.24) is 0 Å². The van der Waals surface area contributed by atoms with Gasteiger partial charge < -0.3 is 14.2 Å². The molecule has 4 rings (SSSR count). The van der Waals surface area contributed by atoms with E-state index in [1.54, 1.807) is 0 Å². The van der Waals surface area contributed by atoms with E-state index in [9.17, 15) is 37.8 Å². The average Bonchev–Trinajstić information content (AvgIpc) is 3.61. The second kappa shape index (κ2) is 7.83. The Hall–Kier alpha value is -3.16. The summed E-state index contributed by atoms with van der Waals surface area (Å²) in [6.07, 6.45) is -5.25. The van der Waals surface area contributed by atoms with Crippen LogP contribution in [0.1, 0.15) is 23.3 Å². The van der Waals surface area contributed by atoms with Gasteiger partial charge in [0, 0.05) is 12.1 Å². The average molecular weight is 444 g/mol. The second-order valence-electron chi connectivity index (χ2n) is 6.82. The number of ether oxygens (including phenoxy) is 3. The number of benzene rings is 2. The third-order valence-corrected chi connectivity index (χ3v) is 4.87. The van der Waals surface area contributed by atoms with E-state index in [4.69, 9.17) is 14.2 Å². The van der Waals surface area contributed by atoms with Crippen LogP contribution < -0.4 is 0 Å². The third-order valence-electron chi connectivity index (χ3n) is 4.87. The molecule has 2 fully saturated rings. The lowest BCUT2D eigenvalue weighted by Crippen LogP contribution is -2.23. The maximum atomic E-state index is 14.6. The lowest BCUT2D eigenvalue weighted by atomic mass is 10.00. The van der Waals surface area contributed by atoms with Gasteiger partial charge in [-0.25, -0.2) is 17.6 Å². The normalized spacial score (nSPS) is 21.4. The van der Waals surface area contributed by atoms with Gasteiger partial charge in [-0.1, -0.05) is 0 Å². The molecule has 2 aromatic carbocycles. The first kappa shape index (κ1) is 21.1. The summed E-state index contributed by atoms with van der Waals surface area (Å²) in [5.41, 5.74) is -3.27. The van der Waals surface area contributed by atoms with Crippen LogP contribution in [0.2, 0.25) is 0 Å². The molecule has 0 amide bonds. The number of epoxide rings is 2. The minimum Gasteiger partial charge on any atom is -0.370 e. The number of nitrogens with zero attached hydrogens (tertiary/aromatic N) is 2. The van der Waals surface area contributed by atoms with E-state index in [1.807, 2.05) is 0 Å². The highest BCUT2D eigenvalue weighted by Crippen LogP contribution is 2.46. The Labute approximate surface area is 170 Å². The number of hydrogen-bond acceptors (Lipinski definition) is 7. The fourth-order valence-electron chi connectivity index (χ4n) is 3.27. The quantitative estimate of drug-likeness (QED) is 0.264. The zero-order valence-electron chi connectivity index (χ0n) is 15.3. The molecule has 2 heterocycles. The van der Waals surface area contributed by atoms with Crippen molar-refractivity contribution in [1.29, 1.82) is 0 Å². The minimum atomic E-state index is -1.65. The van der Waals surface area contributed by atoms with Crippen molar-refractivity contribution in [3.63, 3.8) is 0 Å². The summed E-state index contributed by atoms with van der Waals surface area (Å²) in [5, 5.41) is 22.7. The first-order chi connectivity index (χ1) is 14.7. The van der Waals surface area contributed by atoms with Crippen molar-refractivity contribution >= 4 is 11.4 Å². The fraction of sp³-hybridized carbons (Fsp3) is 0.333. The first-order valence-electron chi connectivity index (χ1n) is 8.84. The molecule has 2 aliphatic heterocycles. The van der Waals surface area contributed by atoms with Gasteiger partial charge in [-0.15, -0.1) is 0 Å². The highest BCUT2D eigenvalue weighted by atomic mass is 19.2. The molecule has 0 radical (unpaired) electrons. The van der Waals surface area contributed by atoms with Gasteiger partial charge in [0.1, 0.15) is 24.4 Å². The van der Waals surface area contributed by atoms with Crippen LogP contribution in [0, 0.1) is 43.5 Å². The lowest BCUT2D eigenvalue weighted by molar-refractivity contribution is -0.387. The van der Waals surface area contributed by atoms with E-state index in [0.29, 0.717) is 12.1 Å². The Bertz CT molecular complexity index is 992. The predicted octanol–water partition coefficient (Wildman–Crippen LogP) is 3.66. The topological polar surface area (TPSA) is 121 Å². The first-order valence-corrected chi connectivity index (χ1v) is 8.84. The van der Waals surface area contributed by atoms with Crippen LogP contribution in [-0.2, 0) is 14.2 Å². The zero-order chi connectivity index (χ0) is 22.4. The van der Waals surface area contributed by atoms with Crippen molar-refractivity contribution in [2.24, 2.45) is 0 Å². The van der Waals surface area contributed by atoms with Gasteiger partial charge in [0.2, 0.25) is 0 Å². The Morgan fingerprint density at radius 1 is 0.806 bits per heavy atom. The molecule has 2 aromatic rings. The van der Waals surface area contributed by atoms with Crippen LogP contribution in [-0.4, -0.2) is 35.3 Å². The molecule has 0 aromatic heterocycles. The van der Waals surface area contributed by atoms with Crippen molar-refractivity contribution in [3.05, 3.63) is 78.9 Å². The molecular formula is C18H12F4N2O7. The molecule has 2 aliphatic rings. The van der Waals surface area contributed by atoms with E-state index < -0.39 is 80.0 Å². The fourth-order valence-corrected chi connectivity index (χ4v) is 3.27. The number of nitro benzene ring substituents is 2. The maximum absolute atomic E-state index is 14.6. The Morgan fingerprint density at radius 2 is 1.16 bits per heavy atom. The maximum Gasteiger partial charge on any atom is 0.278 e. The molecular weight excluding hydrogens is 432 g/mol. The molecule has 31 heavy (non-hydrogen) atoms. The number of halogens is 4. The summed E-state index contributed by atoms with van der Waals surface area (Å²) in [7, 11) is 0. The summed E-state index contributed by atoms with van der Waals surface area (Å²) < 4.78 is 72.7. The highest BCUT2D eigenvalue weighted by Gasteiger charge is 2.48. The molecule has 0 N–H and O–H groups in total. The predicted molar refractivity (Wildman–Crippen MR) is 92.1 cm³/mol. The van der Waals surface area contributed by atoms with E-state index in [2.05, 4.69) is 0 Å². The summed E-state index contributed by atoms with van der Waals surface area (Å²) in [5.74, 6) is -5.98. The molecule has 2 saturated heterocycles. The van der Waals surface area contributed by atoms with Gasteiger partial charge in [-0.2, -0.15) is 0 Å². The summed E-state index contributed by atoms with van der Waals surface area (Å²) >= 11 is 0. The molecule has 0 spiro atoms. The molecule has 13 heteroatoms. The number of hydrogen-bond donors (Lipinski definition) is 0. The van der Waals surface area contributed by atoms with Crippen LogP contribution >= 0.6 is 0 Å². The molecule has 9 nitrogen and oxygen atoms in total. The minimum absolute atomic E-state index is 0.0518. The standard InChI is InChI=1S/C18H12F4N2O7/c19-7-1-3-9(23(25)26)13(15(7)21)17(11-5-29-11)31-18(12-6-30-12)14-10(24(27)28)4-2-8(20)16(14)22/h1-4,11-12,17-18H,5-6H2. The number of rotatable bonds is 8. The zero-order valence-corrected chi connectivity index (χ0v) is 15.3. The largest absolute Gasteiger partial charge is 0.370 e. The van der Waals surface area contributed by atoms with Crippen LogP contribution in [0.15, 0.2) is 24.3 Å². The molecule has 0 saturated carbocycles. The van der Waals surface area contributed by atoms with E-state index in [-0.39, 0.29) is 13.2 Å². The van der Waals surface area contributed by atoms with Gasteiger partial charge in [0.15, 0.2) is 23.3 Å². The summed E-state index contributed by atoms with van der Waals surface area (Å²) in [6, 6.07) is 2.56. The highest BCUT2D eigenvalue weighted by molar-refractivity contribution is 5.46. The second-order valence-corrected chi connectivity index (χ2v) is 6.82. The molecule has 0 aliphatic carbocycles. The van der Waals surface area contributed by atoms with Crippen molar-refractivity contribution in [2.75, 3.05) is 13.2 Å². The van der Waals surface area contributed by atoms with Gasteiger partial charge in [0.05, 0.1) is 34.2 Å². The Kier molecular flexibility index (Phi) is 5.33. The molecule has 164 valence electrons. The van der Waals surface area contributed by atoms with Crippen LogP contribution in [0.25, 0.3) is 0 Å². The van der Waals surface area contributed by atoms with E-state index >= 15 is 0 Å². The van der Waals surface area contributed by atoms with Crippen molar-refractivity contribution < 1.29 is 41.6 Å². The van der Waals surface area contributed by atoms with Crippen LogP contribution in [0.4, 0.5) is 28.9 Å². The SMILES string of the molecule is O=[N+]([O-])c1ccc(F)c(F)c1C(OC(c1c([N+](=O)[O-])ccc(F)c1F)C1CO1)C1CO1. The summed E-state index contributed by atoms with van der Waals surface area (Å²) in [4.78, 5) is 20.8. The van der Waals surface area contributed by atoms with Crippen LogP contribution in [0.5, 0.6) is 0 Å². The van der Waals surface area contributed by atoms with Crippen molar-refractivity contribution in [3.8, 4) is 0 Å². The van der Waals surface area contributed by atoms with E-state index in [0.717, 1.165) is 12.1 Å². The van der Waals surface area contributed by atoms with Gasteiger partial charge in [-0.3, -0.25) is 20.2 Å². The van der Waals surface area contributed by atoms with Gasteiger partial charge in [0.25, 0.3) is 11.4 Å². The van der Waals surface area contributed by atoms with Gasteiger partial charge >= 0.3 is 0 Å². The molecule has 4 unspecified atom stereocenters. The van der Waals surface area contributed by atoms with Crippen LogP contribution in [0.3, 0.4) is 0 Å². The Morgan fingerprint density at radius 3 is 1.45 bits per heavy atom. The lowest BCUT2D eigenvalue weighted by Gasteiger charge is -2.24. The smallest absolute Gasteiger partial charge is 0.278 e. The summed E-state index contributed by atoms with van der Waals surface area (Å²) in [6.45, 7) is -0.104. The van der Waals surface area contributed by atoms with E-state index in [1.165, 1.54) is 0 Å². The number of nitro groups is 2. The third kappa shape index (κ3) is 3.94. The monoisotopic (exact) mass is 444 g/mol. The van der Waals surface area contributed by atoms with Gasteiger partial charge in [-0.05, 0) is 12.1 Å². The Balaban J connectivity index is 1.83. The van der Waals surface area contributed by atoms with Crippen molar-refractivity contribution in [2.45, 2.75) is 24.4 Å². The molecule has 4 atom stereocenters. The molecule has 0 bridgehead atoms.